The van der Waals surface area contributed by atoms with Crippen LogP contribution in [0.15, 0.2) is 24.3 Å². The van der Waals surface area contributed by atoms with Crippen LogP contribution in [0.2, 0.25) is 0 Å². The predicted octanol–water partition coefficient (Wildman–Crippen LogP) is 3.18. The minimum atomic E-state index is -0.202. The molecule has 2 rings (SSSR count). The highest BCUT2D eigenvalue weighted by Gasteiger charge is 2.12. The molecule has 2 N–H and O–H groups in total. The van der Waals surface area contributed by atoms with Gasteiger partial charge in [0, 0.05) is 10.4 Å². The maximum atomic E-state index is 12.0. The highest BCUT2D eigenvalue weighted by atomic mass is 32.1. The lowest BCUT2D eigenvalue weighted by atomic mass is 10.2. The molecule has 0 radical (unpaired) electrons. The average molecular weight is 305 g/mol. The summed E-state index contributed by atoms with van der Waals surface area (Å²) in [5.41, 5.74) is 2.98. The average Bonchev–Trinajstić information content (AvgIpc) is 2.72. The van der Waals surface area contributed by atoms with Crippen molar-refractivity contribution in [2.45, 2.75) is 27.4 Å². The number of nitrogens with one attached hydrogen (secondary N) is 1. The lowest BCUT2D eigenvalue weighted by Gasteiger charge is -2.10. The third-order valence-corrected chi connectivity index (χ3v) is 4.67. The van der Waals surface area contributed by atoms with Crippen molar-refractivity contribution < 1.29 is 14.6 Å². The summed E-state index contributed by atoms with van der Waals surface area (Å²) in [6.07, 6.45) is 0. The van der Waals surface area contributed by atoms with Crippen molar-refractivity contribution in [3.8, 4) is 5.75 Å². The monoisotopic (exact) mass is 305 g/mol. The normalized spacial score (nSPS) is 10.5. The largest absolute Gasteiger partial charge is 0.483 e. The maximum absolute atomic E-state index is 12.0. The van der Waals surface area contributed by atoms with E-state index in [1.165, 1.54) is 10.4 Å². The van der Waals surface area contributed by atoms with Gasteiger partial charge in [-0.2, -0.15) is 0 Å². The van der Waals surface area contributed by atoms with Gasteiger partial charge in [0.15, 0.2) is 6.61 Å². The van der Waals surface area contributed by atoms with Crippen molar-refractivity contribution >= 4 is 22.2 Å². The summed E-state index contributed by atoms with van der Waals surface area (Å²) in [4.78, 5) is 13.2. The molecule has 0 spiro atoms. The number of rotatable bonds is 5. The van der Waals surface area contributed by atoms with Gasteiger partial charge in [-0.25, -0.2) is 0 Å². The summed E-state index contributed by atoms with van der Waals surface area (Å²) in [5.74, 6) is 0.331. The number of hydrogen-bond donors (Lipinski definition) is 2. The van der Waals surface area contributed by atoms with Crippen LogP contribution in [0.1, 0.15) is 21.6 Å². The Morgan fingerprint density at radius 1 is 1.24 bits per heavy atom. The summed E-state index contributed by atoms with van der Waals surface area (Å²) in [7, 11) is 0. The number of amides is 1. The number of hydrogen-bond acceptors (Lipinski definition) is 4. The minimum absolute atomic E-state index is 0.0769. The Morgan fingerprint density at radius 3 is 2.57 bits per heavy atom. The minimum Gasteiger partial charge on any atom is -0.483 e. The molecule has 1 aromatic carbocycles. The first-order valence-electron chi connectivity index (χ1n) is 6.71. The van der Waals surface area contributed by atoms with Crippen LogP contribution in [0, 0.1) is 20.8 Å². The van der Waals surface area contributed by atoms with E-state index in [0.29, 0.717) is 11.3 Å². The van der Waals surface area contributed by atoms with Crippen LogP contribution in [-0.2, 0) is 11.4 Å². The second-order valence-electron chi connectivity index (χ2n) is 4.84. The number of aryl methyl sites for hydroxylation is 1. The van der Waals surface area contributed by atoms with E-state index in [4.69, 9.17) is 4.74 Å². The smallest absolute Gasteiger partial charge is 0.262 e. The second-order valence-corrected chi connectivity index (χ2v) is 6.06. The van der Waals surface area contributed by atoms with Crippen LogP contribution in [-0.4, -0.2) is 17.6 Å². The van der Waals surface area contributed by atoms with Crippen LogP contribution < -0.4 is 10.1 Å². The van der Waals surface area contributed by atoms with Gasteiger partial charge in [0.1, 0.15) is 5.75 Å². The van der Waals surface area contributed by atoms with Crippen LogP contribution in [0.4, 0.5) is 5.00 Å². The van der Waals surface area contributed by atoms with Crippen molar-refractivity contribution in [2.24, 2.45) is 0 Å². The van der Waals surface area contributed by atoms with E-state index >= 15 is 0 Å². The van der Waals surface area contributed by atoms with Crippen LogP contribution in [0.25, 0.3) is 0 Å². The Kier molecular flexibility index (Phi) is 4.98. The predicted molar refractivity (Wildman–Crippen MR) is 85.0 cm³/mol. The number of thiophene rings is 1. The van der Waals surface area contributed by atoms with E-state index in [0.717, 1.165) is 10.6 Å². The quantitative estimate of drug-likeness (QED) is 0.892. The number of carbonyl (C=O) groups is 1. The van der Waals surface area contributed by atoms with E-state index in [9.17, 15) is 9.90 Å². The van der Waals surface area contributed by atoms with E-state index < -0.39 is 0 Å². The van der Waals surface area contributed by atoms with E-state index in [2.05, 4.69) is 5.32 Å². The number of anilines is 1. The van der Waals surface area contributed by atoms with Gasteiger partial charge >= 0.3 is 0 Å². The number of benzene rings is 1. The number of aliphatic hydroxyl groups is 1. The summed E-state index contributed by atoms with van der Waals surface area (Å²) < 4.78 is 5.47. The number of aliphatic hydroxyl groups excluding tert-OH is 1. The highest BCUT2D eigenvalue weighted by Crippen LogP contribution is 2.31. The SMILES string of the molecule is Cc1sc(NC(=O)COc2ccccc2CO)c(C)c1C. The molecule has 21 heavy (non-hydrogen) atoms. The van der Waals surface area contributed by atoms with Crippen LogP contribution >= 0.6 is 11.3 Å². The standard InChI is InChI=1S/C16H19NO3S/c1-10-11(2)16(21-12(10)3)17-15(19)9-20-14-7-5-4-6-13(14)8-18/h4-7,18H,8-9H2,1-3H3,(H,17,19). The zero-order valence-corrected chi connectivity index (χ0v) is 13.2. The molecule has 0 aliphatic carbocycles. The molecule has 1 heterocycles. The summed E-state index contributed by atoms with van der Waals surface area (Å²) in [6, 6.07) is 7.13. The van der Waals surface area contributed by atoms with Crippen molar-refractivity contribution in [3.63, 3.8) is 0 Å². The molecular formula is C16H19NO3S. The molecule has 0 unspecified atom stereocenters. The Labute approximate surface area is 128 Å². The van der Waals surface area contributed by atoms with Gasteiger partial charge in [0.2, 0.25) is 0 Å². The molecule has 5 heteroatoms. The molecule has 0 fully saturated rings. The Hall–Kier alpha value is -1.85. The van der Waals surface area contributed by atoms with Gasteiger partial charge in [-0.05, 0) is 38.0 Å². The number of para-hydroxylation sites is 1. The summed E-state index contributed by atoms with van der Waals surface area (Å²) in [5, 5.41) is 13.0. The zero-order chi connectivity index (χ0) is 15.4. The zero-order valence-electron chi connectivity index (χ0n) is 12.4. The lowest BCUT2D eigenvalue weighted by molar-refractivity contribution is -0.118. The summed E-state index contributed by atoms with van der Waals surface area (Å²) in [6.45, 7) is 5.89. The Balaban J connectivity index is 1.97. The van der Waals surface area contributed by atoms with E-state index in [1.807, 2.05) is 32.9 Å². The van der Waals surface area contributed by atoms with Crippen LogP contribution in [0.3, 0.4) is 0 Å². The second kappa shape index (κ2) is 6.74. The molecule has 0 aliphatic rings. The highest BCUT2D eigenvalue weighted by molar-refractivity contribution is 7.16. The Bertz CT molecular complexity index is 649. The first-order chi connectivity index (χ1) is 10.0. The molecule has 0 saturated carbocycles. The van der Waals surface area contributed by atoms with Crippen molar-refractivity contribution in [1.82, 2.24) is 0 Å². The molecule has 0 bridgehead atoms. The third kappa shape index (κ3) is 3.62. The fourth-order valence-electron chi connectivity index (χ4n) is 1.94. The molecule has 0 atom stereocenters. The Morgan fingerprint density at radius 2 is 1.95 bits per heavy atom. The van der Waals surface area contributed by atoms with Gasteiger partial charge in [0.25, 0.3) is 5.91 Å². The maximum Gasteiger partial charge on any atom is 0.262 e. The van der Waals surface area contributed by atoms with Gasteiger partial charge in [0.05, 0.1) is 11.6 Å². The molecule has 0 saturated heterocycles. The van der Waals surface area contributed by atoms with Gasteiger partial charge in [-0.1, -0.05) is 18.2 Å². The fraction of sp³-hybridized carbons (Fsp3) is 0.312. The molecule has 0 aliphatic heterocycles. The summed E-state index contributed by atoms with van der Waals surface area (Å²) >= 11 is 1.57. The first kappa shape index (κ1) is 15.5. The molecule has 112 valence electrons. The molecule has 2 aromatic rings. The van der Waals surface area contributed by atoms with Gasteiger partial charge in [-0.15, -0.1) is 11.3 Å². The fourth-order valence-corrected chi connectivity index (χ4v) is 3.02. The van der Waals surface area contributed by atoms with E-state index in [1.54, 1.807) is 23.5 Å². The number of carbonyl (C=O) groups excluding carboxylic acids is 1. The van der Waals surface area contributed by atoms with Crippen molar-refractivity contribution in [2.75, 3.05) is 11.9 Å². The molecular weight excluding hydrogens is 286 g/mol. The topological polar surface area (TPSA) is 58.6 Å². The third-order valence-electron chi connectivity index (χ3n) is 3.44. The van der Waals surface area contributed by atoms with E-state index in [-0.39, 0.29) is 19.1 Å². The van der Waals surface area contributed by atoms with Crippen LogP contribution in [0.5, 0.6) is 5.75 Å². The van der Waals surface area contributed by atoms with Gasteiger partial charge < -0.3 is 15.2 Å². The first-order valence-corrected chi connectivity index (χ1v) is 7.52. The molecule has 1 aromatic heterocycles. The number of ether oxygens (including phenoxy) is 1. The van der Waals surface area contributed by atoms with Gasteiger partial charge in [-0.3, -0.25) is 4.79 Å². The molecule has 4 nitrogen and oxygen atoms in total. The van der Waals surface area contributed by atoms with Crippen molar-refractivity contribution in [1.29, 1.82) is 0 Å². The lowest BCUT2D eigenvalue weighted by Crippen LogP contribution is -2.20. The van der Waals surface area contributed by atoms with Crippen molar-refractivity contribution in [3.05, 3.63) is 45.8 Å². The molecule has 1 amide bonds.